The van der Waals surface area contributed by atoms with E-state index in [2.05, 4.69) is 11.8 Å². The van der Waals surface area contributed by atoms with Gasteiger partial charge in [0.1, 0.15) is 5.60 Å². The van der Waals surface area contributed by atoms with Crippen LogP contribution in [0.5, 0.6) is 0 Å². The van der Waals surface area contributed by atoms with Crippen molar-refractivity contribution >= 4 is 0 Å². The number of epoxide rings is 1. The van der Waals surface area contributed by atoms with Crippen molar-refractivity contribution in [3.05, 3.63) is 0 Å². The van der Waals surface area contributed by atoms with Crippen molar-refractivity contribution in [2.24, 2.45) is 0 Å². The van der Waals surface area contributed by atoms with E-state index in [0.29, 0.717) is 5.60 Å². The molecule has 1 atom stereocenters. The zero-order valence-corrected chi connectivity index (χ0v) is 6.60. The Bertz CT molecular complexity index is 131. The third kappa shape index (κ3) is 1.06. The van der Waals surface area contributed by atoms with Crippen LogP contribution in [0.1, 0.15) is 19.8 Å². The Hall–Kier alpha value is -0.0800. The molecule has 2 nitrogen and oxygen atoms in total. The van der Waals surface area contributed by atoms with Gasteiger partial charge in [-0.1, -0.05) is 6.92 Å². The lowest BCUT2D eigenvalue weighted by atomic mass is 9.99. The fraction of sp³-hybridized carbons (Fsp3) is 1.00. The first-order valence-electron chi connectivity index (χ1n) is 4.21. The first kappa shape index (κ1) is 6.62. The van der Waals surface area contributed by atoms with E-state index < -0.39 is 0 Å². The molecule has 58 valence electrons. The van der Waals surface area contributed by atoms with Gasteiger partial charge in [0.2, 0.25) is 0 Å². The summed E-state index contributed by atoms with van der Waals surface area (Å²) >= 11 is 0. The van der Waals surface area contributed by atoms with Crippen molar-refractivity contribution in [2.75, 3.05) is 26.2 Å². The summed E-state index contributed by atoms with van der Waals surface area (Å²) in [5.41, 5.74) is 0.328. The highest BCUT2D eigenvalue weighted by Gasteiger charge is 2.46. The molecule has 2 heterocycles. The molecule has 0 N–H and O–H groups in total. The van der Waals surface area contributed by atoms with Crippen molar-refractivity contribution in [2.45, 2.75) is 25.4 Å². The molecule has 0 aromatic rings. The summed E-state index contributed by atoms with van der Waals surface area (Å²) < 4.78 is 5.43. The minimum absolute atomic E-state index is 0.328. The highest BCUT2D eigenvalue weighted by atomic mass is 16.6. The molecule has 10 heavy (non-hydrogen) atoms. The second-order valence-corrected chi connectivity index (χ2v) is 3.44. The molecule has 1 spiro atoms. The molecule has 0 aliphatic carbocycles. The average Bonchev–Trinajstić information content (AvgIpc) is 2.70. The summed E-state index contributed by atoms with van der Waals surface area (Å²) in [6.07, 6.45) is 2.62. The molecule has 2 rings (SSSR count). The predicted molar refractivity (Wildman–Crippen MR) is 40.0 cm³/mol. The Kier molecular flexibility index (Phi) is 1.46. The van der Waals surface area contributed by atoms with Crippen LogP contribution in [0, 0.1) is 0 Å². The third-order valence-corrected chi connectivity index (χ3v) is 2.62. The van der Waals surface area contributed by atoms with Gasteiger partial charge in [-0.25, -0.2) is 0 Å². The van der Waals surface area contributed by atoms with Crippen LogP contribution in [-0.4, -0.2) is 36.7 Å². The lowest BCUT2D eigenvalue weighted by Gasteiger charge is -2.29. The zero-order valence-electron chi connectivity index (χ0n) is 6.60. The Morgan fingerprint density at radius 2 is 2.40 bits per heavy atom. The van der Waals surface area contributed by atoms with Crippen LogP contribution in [0.3, 0.4) is 0 Å². The van der Waals surface area contributed by atoms with Crippen molar-refractivity contribution < 1.29 is 4.74 Å². The van der Waals surface area contributed by atoms with Gasteiger partial charge in [-0.05, 0) is 25.9 Å². The van der Waals surface area contributed by atoms with Gasteiger partial charge in [0, 0.05) is 6.54 Å². The molecule has 2 fully saturated rings. The maximum Gasteiger partial charge on any atom is 0.104 e. The van der Waals surface area contributed by atoms with Gasteiger partial charge < -0.3 is 9.64 Å². The largest absolute Gasteiger partial charge is 0.368 e. The number of ether oxygens (including phenoxy) is 1. The van der Waals surface area contributed by atoms with Crippen LogP contribution in [-0.2, 0) is 4.74 Å². The average molecular weight is 141 g/mol. The van der Waals surface area contributed by atoms with E-state index >= 15 is 0 Å². The molecule has 0 bridgehead atoms. The highest BCUT2D eigenvalue weighted by molar-refractivity contribution is 4.97. The topological polar surface area (TPSA) is 15.8 Å². The van der Waals surface area contributed by atoms with Gasteiger partial charge in [-0.3, -0.25) is 0 Å². The monoisotopic (exact) mass is 141 g/mol. The quantitative estimate of drug-likeness (QED) is 0.504. The molecule has 2 saturated heterocycles. The van der Waals surface area contributed by atoms with E-state index in [1.165, 1.54) is 32.5 Å². The summed E-state index contributed by atoms with van der Waals surface area (Å²) in [7, 11) is 0. The van der Waals surface area contributed by atoms with E-state index in [-0.39, 0.29) is 0 Å². The van der Waals surface area contributed by atoms with E-state index in [1.807, 2.05) is 0 Å². The normalized spacial score (nSPS) is 40.5. The van der Waals surface area contributed by atoms with Crippen molar-refractivity contribution in [1.82, 2.24) is 4.90 Å². The summed E-state index contributed by atoms with van der Waals surface area (Å²) in [6.45, 7) is 6.89. The molecule has 2 aliphatic heterocycles. The second-order valence-electron chi connectivity index (χ2n) is 3.44. The summed E-state index contributed by atoms with van der Waals surface area (Å²) in [4.78, 5) is 2.48. The van der Waals surface area contributed by atoms with Crippen molar-refractivity contribution in [1.29, 1.82) is 0 Å². The lowest BCUT2D eigenvalue weighted by Crippen LogP contribution is -2.40. The number of nitrogens with zero attached hydrogens (tertiary/aromatic N) is 1. The number of likely N-dealkylation sites (tertiary alicyclic amines) is 1. The number of rotatable bonds is 1. The van der Waals surface area contributed by atoms with Gasteiger partial charge in [-0.2, -0.15) is 0 Å². The van der Waals surface area contributed by atoms with Gasteiger partial charge in [0.15, 0.2) is 0 Å². The summed E-state index contributed by atoms with van der Waals surface area (Å²) in [6, 6.07) is 0. The second kappa shape index (κ2) is 2.21. The standard InChI is InChI=1S/C8H15NO/c1-2-9-5-3-4-8(6-9)7-10-8/h2-7H2,1H3/t8-/m0/s1. The highest BCUT2D eigenvalue weighted by Crippen LogP contribution is 2.35. The number of hydrogen-bond acceptors (Lipinski definition) is 2. The molecule has 0 amide bonds. The van der Waals surface area contributed by atoms with E-state index in [9.17, 15) is 0 Å². The fourth-order valence-electron chi connectivity index (χ4n) is 1.80. The van der Waals surface area contributed by atoms with Crippen molar-refractivity contribution in [3.8, 4) is 0 Å². The smallest absolute Gasteiger partial charge is 0.104 e. The Morgan fingerprint density at radius 3 is 3.00 bits per heavy atom. The van der Waals surface area contributed by atoms with Crippen LogP contribution in [0.25, 0.3) is 0 Å². The minimum Gasteiger partial charge on any atom is -0.368 e. The molecule has 0 saturated carbocycles. The van der Waals surface area contributed by atoms with Gasteiger partial charge >= 0.3 is 0 Å². The van der Waals surface area contributed by atoms with E-state index in [0.717, 1.165) is 6.61 Å². The minimum atomic E-state index is 0.328. The maximum atomic E-state index is 5.43. The third-order valence-electron chi connectivity index (χ3n) is 2.62. The maximum absolute atomic E-state index is 5.43. The zero-order chi connectivity index (χ0) is 7.03. The van der Waals surface area contributed by atoms with Crippen LogP contribution in [0.4, 0.5) is 0 Å². The Morgan fingerprint density at radius 1 is 1.60 bits per heavy atom. The van der Waals surface area contributed by atoms with Crippen LogP contribution >= 0.6 is 0 Å². The number of piperidine rings is 1. The molecule has 0 aromatic heterocycles. The van der Waals surface area contributed by atoms with Crippen LogP contribution in [0.15, 0.2) is 0 Å². The van der Waals surface area contributed by atoms with Gasteiger partial charge in [-0.15, -0.1) is 0 Å². The molecule has 2 heteroatoms. The first-order valence-corrected chi connectivity index (χ1v) is 4.21. The molecule has 0 unspecified atom stereocenters. The van der Waals surface area contributed by atoms with E-state index in [4.69, 9.17) is 4.74 Å². The van der Waals surface area contributed by atoms with E-state index in [1.54, 1.807) is 0 Å². The molecule has 2 aliphatic rings. The number of likely N-dealkylation sites (N-methyl/N-ethyl adjacent to an activating group) is 1. The van der Waals surface area contributed by atoms with Gasteiger partial charge in [0.25, 0.3) is 0 Å². The van der Waals surface area contributed by atoms with Gasteiger partial charge in [0.05, 0.1) is 6.61 Å². The predicted octanol–water partition coefficient (Wildman–Crippen LogP) is 0.871. The van der Waals surface area contributed by atoms with Crippen LogP contribution < -0.4 is 0 Å². The Labute approximate surface area is 62.2 Å². The first-order chi connectivity index (χ1) is 4.85. The Balaban J connectivity index is 1.91. The summed E-state index contributed by atoms with van der Waals surface area (Å²) in [5.74, 6) is 0. The summed E-state index contributed by atoms with van der Waals surface area (Å²) in [5, 5.41) is 0. The fourth-order valence-corrected chi connectivity index (χ4v) is 1.80. The molecule has 0 radical (unpaired) electrons. The molecular weight excluding hydrogens is 126 g/mol. The van der Waals surface area contributed by atoms with Crippen molar-refractivity contribution in [3.63, 3.8) is 0 Å². The number of hydrogen-bond donors (Lipinski definition) is 0. The molecular formula is C8H15NO. The SMILES string of the molecule is CCN1CCC[C@@]2(CO2)C1. The van der Waals surface area contributed by atoms with Crippen LogP contribution in [0.2, 0.25) is 0 Å². The molecule has 0 aromatic carbocycles. The lowest BCUT2D eigenvalue weighted by molar-refractivity contribution is 0.140.